The van der Waals surface area contributed by atoms with Crippen LogP contribution < -0.4 is 0 Å². The molecule has 0 rings (SSSR count). The Morgan fingerprint density at radius 3 is 1.86 bits per heavy atom. The Kier molecular flexibility index (Phi) is 6.65. The third-order valence-corrected chi connectivity index (χ3v) is 2.22. The number of rotatable bonds is 7. The summed E-state index contributed by atoms with van der Waals surface area (Å²) in [6.07, 6.45) is 13.1. The highest BCUT2D eigenvalue weighted by Crippen LogP contribution is 2.48. The number of phosphoric acid groups is 1. The zero-order valence-electron chi connectivity index (χ0n) is 7.47. The van der Waals surface area contributed by atoms with Gasteiger partial charge in [-0.2, -0.15) is 0 Å². The largest absolute Gasteiger partial charge is 0.480 e. The molecule has 0 spiro atoms. The number of terminal acetylenes is 2. The fourth-order valence-electron chi connectivity index (χ4n) is 0.393. The lowest BCUT2D eigenvalue weighted by Gasteiger charge is -2.13. The molecule has 0 saturated heterocycles. The van der Waals surface area contributed by atoms with Crippen molar-refractivity contribution >= 4 is 7.82 Å². The minimum absolute atomic E-state index is 0.419. The summed E-state index contributed by atoms with van der Waals surface area (Å²) in [5, 5.41) is 0. The first-order valence-corrected chi connectivity index (χ1v) is 4.74. The standard InChI is InChI=1S/C7H9O6P/c1-4-10-6-12-14(8,9-3)13-7-11-5-2/h1-2H,6-7H2,3H3. The highest BCUT2D eigenvalue weighted by Gasteiger charge is 2.25. The van der Waals surface area contributed by atoms with Crippen molar-refractivity contribution < 1.29 is 27.6 Å². The molecule has 14 heavy (non-hydrogen) atoms. The van der Waals surface area contributed by atoms with Crippen LogP contribution in [-0.4, -0.2) is 20.7 Å². The summed E-state index contributed by atoms with van der Waals surface area (Å²) in [7, 11) is -2.57. The molecule has 0 N–H and O–H groups in total. The second-order valence-corrected chi connectivity index (χ2v) is 3.42. The molecule has 0 fully saturated rings. The molecule has 0 amide bonds. The number of hydrogen-bond acceptors (Lipinski definition) is 6. The van der Waals surface area contributed by atoms with Crippen molar-refractivity contribution in [2.75, 3.05) is 20.7 Å². The molecule has 0 unspecified atom stereocenters. The molecule has 0 radical (unpaired) electrons. The van der Waals surface area contributed by atoms with Crippen LogP contribution in [-0.2, 0) is 27.6 Å². The Hall–Kier alpha value is -1.17. The third-order valence-electron chi connectivity index (χ3n) is 0.930. The summed E-state index contributed by atoms with van der Waals surface area (Å²) in [4.78, 5) is 0. The number of hydrogen-bond donors (Lipinski definition) is 0. The fourth-order valence-corrected chi connectivity index (χ4v) is 1.04. The minimum Gasteiger partial charge on any atom is -0.417 e. The van der Waals surface area contributed by atoms with Crippen LogP contribution in [0.1, 0.15) is 0 Å². The van der Waals surface area contributed by atoms with Gasteiger partial charge in [-0.25, -0.2) is 13.6 Å². The molecule has 0 aromatic rings. The van der Waals surface area contributed by atoms with Gasteiger partial charge in [0.1, 0.15) is 12.2 Å². The summed E-state index contributed by atoms with van der Waals surface area (Å²) in [5.41, 5.74) is 0. The first-order valence-electron chi connectivity index (χ1n) is 3.28. The van der Waals surface area contributed by atoms with Crippen LogP contribution in [0.5, 0.6) is 0 Å². The van der Waals surface area contributed by atoms with Crippen LogP contribution in [0.25, 0.3) is 0 Å². The lowest BCUT2D eigenvalue weighted by atomic mass is 11.2. The molecule has 78 valence electrons. The van der Waals surface area contributed by atoms with Gasteiger partial charge >= 0.3 is 7.82 Å². The SMILES string of the molecule is C#COCOP(=O)(OC)OCOC#C. The van der Waals surface area contributed by atoms with Gasteiger partial charge in [-0.1, -0.05) is 12.8 Å². The van der Waals surface area contributed by atoms with Crippen molar-refractivity contribution in [3.05, 3.63) is 0 Å². The van der Waals surface area contributed by atoms with E-state index in [9.17, 15) is 4.57 Å². The van der Waals surface area contributed by atoms with Crippen LogP contribution in [0.4, 0.5) is 0 Å². The lowest BCUT2D eigenvalue weighted by Crippen LogP contribution is -2.02. The predicted octanol–water partition coefficient (Wildman–Crippen LogP) is 0.904. The monoisotopic (exact) mass is 220 g/mol. The van der Waals surface area contributed by atoms with E-state index >= 15 is 0 Å². The first-order chi connectivity index (χ1) is 6.68. The smallest absolute Gasteiger partial charge is 0.417 e. The number of ether oxygens (including phenoxy) is 2. The highest BCUT2D eigenvalue weighted by atomic mass is 31.2. The van der Waals surface area contributed by atoms with Crippen molar-refractivity contribution in [3.8, 4) is 25.1 Å². The van der Waals surface area contributed by atoms with Crippen LogP contribution >= 0.6 is 7.82 Å². The van der Waals surface area contributed by atoms with Crippen LogP contribution in [0.15, 0.2) is 0 Å². The van der Waals surface area contributed by atoms with E-state index in [2.05, 4.69) is 23.0 Å². The molecule has 0 bridgehead atoms. The van der Waals surface area contributed by atoms with Gasteiger partial charge in [0.2, 0.25) is 13.6 Å². The zero-order valence-corrected chi connectivity index (χ0v) is 8.36. The normalized spacial score (nSPS) is 9.93. The molecule has 0 aromatic carbocycles. The maximum atomic E-state index is 11.4. The molecule has 0 aromatic heterocycles. The van der Waals surface area contributed by atoms with Crippen LogP contribution in [0, 0.1) is 25.1 Å². The van der Waals surface area contributed by atoms with Crippen molar-refractivity contribution in [2.45, 2.75) is 0 Å². The minimum atomic E-state index is -3.70. The Labute approximate surface area is 82.0 Å². The summed E-state index contributed by atoms with van der Waals surface area (Å²) >= 11 is 0. The van der Waals surface area contributed by atoms with Crippen molar-refractivity contribution in [1.29, 1.82) is 0 Å². The molecule has 0 aliphatic carbocycles. The Morgan fingerprint density at radius 2 is 1.57 bits per heavy atom. The molecular weight excluding hydrogens is 211 g/mol. The maximum absolute atomic E-state index is 11.4. The predicted molar refractivity (Wildman–Crippen MR) is 46.4 cm³/mol. The fraction of sp³-hybridized carbons (Fsp3) is 0.429. The molecule has 0 saturated carbocycles. The summed E-state index contributed by atoms with van der Waals surface area (Å²) in [6.45, 7) is -0.838. The third kappa shape index (κ3) is 5.47. The number of phosphoric ester groups is 1. The van der Waals surface area contributed by atoms with Gasteiger partial charge in [-0.15, -0.1) is 0 Å². The maximum Gasteiger partial charge on any atom is 0.480 e. The quantitative estimate of drug-likeness (QED) is 0.275. The van der Waals surface area contributed by atoms with Crippen molar-refractivity contribution in [1.82, 2.24) is 0 Å². The Balaban J connectivity index is 3.88. The highest BCUT2D eigenvalue weighted by molar-refractivity contribution is 7.48. The van der Waals surface area contributed by atoms with E-state index in [-0.39, 0.29) is 0 Å². The summed E-state index contributed by atoms with van der Waals surface area (Å²) in [5.74, 6) is 0. The molecule has 0 aliphatic heterocycles. The van der Waals surface area contributed by atoms with Gasteiger partial charge in [0, 0.05) is 7.11 Å². The zero-order chi connectivity index (χ0) is 10.9. The lowest BCUT2D eigenvalue weighted by molar-refractivity contribution is 0.00896. The van der Waals surface area contributed by atoms with Gasteiger partial charge in [0.25, 0.3) is 0 Å². The molecule has 6 nitrogen and oxygen atoms in total. The summed E-state index contributed by atoms with van der Waals surface area (Å²) < 4.78 is 33.6. The van der Waals surface area contributed by atoms with Gasteiger partial charge in [0.05, 0.1) is 0 Å². The van der Waals surface area contributed by atoms with Gasteiger partial charge in [0.15, 0.2) is 0 Å². The average Bonchev–Trinajstić information content (AvgIpc) is 2.19. The van der Waals surface area contributed by atoms with E-state index in [4.69, 9.17) is 12.8 Å². The van der Waals surface area contributed by atoms with Crippen LogP contribution in [0.3, 0.4) is 0 Å². The van der Waals surface area contributed by atoms with E-state index in [0.717, 1.165) is 7.11 Å². The van der Waals surface area contributed by atoms with E-state index in [1.165, 1.54) is 0 Å². The van der Waals surface area contributed by atoms with E-state index in [0.29, 0.717) is 0 Å². The molecule has 0 atom stereocenters. The van der Waals surface area contributed by atoms with Crippen molar-refractivity contribution in [3.63, 3.8) is 0 Å². The van der Waals surface area contributed by atoms with Gasteiger partial charge in [-0.05, 0) is 0 Å². The second-order valence-electron chi connectivity index (χ2n) is 1.65. The van der Waals surface area contributed by atoms with E-state index < -0.39 is 21.4 Å². The Morgan fingerprint density at radius 1 is 1.14 bits per heavy atom. The molecule has 0 aliphatic rings. The van der Waals surface area contributed by atoms with E-state index in [1.54, 1.807) is 0 Å². The average molecular weight is 220 g/mol. The summed E-state index contributed by atoms with van der Waals surface area (Å²) in [6, 6.07) is 0. The molecule has 7 heteroatoms. The van der Waals surface area contributed by atoms with Gasteiger partial charge < -0.3 is 9.47 Å². The van der Waals surface area contributed by atoms with Crippen LogP contribution in [0.2, 0.25) is 0 Å². The second kappa shape index (κ2) is 7.25. The topological polar surface area (TPSA) is 63.2 Å². The first kappa shape index (κ1) is 12.8. The molecular formula is C7H9O6P. The Bertz CT molecular complexity index is 251. The van der Waals surface area contributed by atoms with Gasteiger partial charge in [-0.3, -0.25) is 4.52 Å². The van der Waals surface area contributed by atoms with Crippen molar-refractivity contribution in [2.24, 2.45) is 0 Å². The molecule has 0 heterocycles. The van der Waals surface area contributed by atoms with E-state index in [1.807, 2.05) is 12.2 Å².